The maximum absolute atomic E-state index is 12.6. The zero-order chi connectivity index (χ0) is 16.3. The summed E-state index contributed by atoms with van der Waals surface area (Å²) < 4.78 is 29.7. The van der Waals surface area contributed by atoms with Crippen molar-refractivity contribution in [2.24, 2.45) is 5.92 Å². The SMILES string of the molecule is CCN(CC1CC1)S(=O)(=O)N[C@H]1CCCN(c2ncccn2)C1. The van der Waals surface area contributed by atoms with E-state index >= 15 is 0 Å². The molecule has 0 aromatic carbocycles. The number of hydrogen-bond donors (Lipinski definition) is 1. The minimum atomic E-state index is -3.42. The van der Waals surface area contributed by atoms with E-state index in [4.69, 9.17) is 0 Å². The molecule has 0 radical (unpaired) electrons. The number of hydrogen-bond acceptors (Lipinski definition) is 5. The molecule has 0 unspecified atom stereocenters. The molecule has 0 spiro atoms. The highest BCUT2D eigenvalue weighted by Gasteiger charge is 2.32. The van der Waals surface area contributed by atoms with Crippen molar-refractivity contribution < 1.29 is 8.42 Å². The molecule has 2 fully saturated rings. The van der Waals surface area contributed by atoms with E-state index in [1.165, 1.54) is 0 Å². The first-order chi connectivity index (χ1) is 11.1. The van der Waals surface area contributed by atoms with E-state index in [1.54, 1.807) is 22.8 Å². The van der Waals surface area contributed by atoms with Crippen molar-refractivity contribution in [3.63, 3.8) is 0 Å². The van der Waals surface area contributed by atoms with Gasteiger partial charge in [0.1, 0.15) is 0 Å². The van der Waals surface area contributed by atoms with Gasteiger partial charge in [0.05, 0.1) is 0 Å². The fraction of sp³-hybridized carbons (Fsp3) is 0.733. The smallest absolute Gasteiger partial charge is 0.279 e. The van der Waals surface area contributed by atoms with Crippen LogP contribution in [0.25, 0.3) is 0 Å². The lowest BCUT2D eigenvalue weighted by Gasteiger charge is -2.34. The Hall–Kier alpha value is -1.25. The molecule has 1 saturated carbocycles. The Labute approximate surface area is 138 Å². The standard InChI is InChI=1S/C15H25N5O2S/c1-2-20(11-13-6-7-13)23(21,22)18-14-5-3-10-19(12-14)15-16-8-4-9-17-15/h4,8-9,13-14,18H,2-3,5-7,10-12H2,1H3/t14-/m0/s1. The first-order valence-corrected chi connectivity index (χ1v) is 9.82. The Bertz CT molecular complexity index is 606. The molecule has 1 aromatic rings. The third-order valence-electron chi connectivity index (χ3n) is 4.42. The molecule has 1 aromatic heterocycles. The zero-order valence-electron chi connectivity index (χ0n) is 13.6. The highest BCUT2D eigenvalue weighted by molar-refractivity contribution is 7.87. The van der Waals surface area contributed by atoms with E-state index < -0.39 is 10.2 Å². The van der Waals surface area contributed by atoms with Crippen LogP contribution >= 0.6 is 0 Å². The van der Waals surface area contributed by atoms with Crippen LogP contribution in [0, 0.1) is 5.92 Å². The Kier molecular flexibility index (Phi) is 5.13. The number of rotatable bonds is 7. The minimum absolute atomic E-state index is 0.0918. The molecule has 1 N–H and O–H groups in total. The summed E-state index contributed by atoms with van der Waals surface area (Å²) in [7, 11) is -3.42. The van der Waals surface area contributed by atoms with E-state index in [0.29, 0.717) is 31.5 Å². The van der Waals surface area contributed by atoms with Gasteiger partial charge in [-0.3, -0.25) is 0 Å². The van der Waals surface area contributed by atoms with Gasteiger partial charge in [-0.1, -0.05) is 6.92 Å². The van der Waals surface area contributed by atoms with E-state index in [2.05, 4.69) is 14.7 Å². The lowest BCUT2D eigenvalue weighted by atomic mass is 10.1. The maximum atomic E-state index is 12.6. The molecule has 3 rings (SSSR count). The van der Waals surface area contributed by atoms with E-state index in [1.807, 2.05) is 11.8 Å². The summed E-state index contributed by atoms with van der Waals surface area (Å²) in [5.74, 6) is 1.22. The lowest BCUT2D eigenvalue weighted by molar-refractivity contribution is 0.386. The van der Waals surface area contributed by atoms with Gasteiger partial charge < -0.3 is 4.90 Å². The number of piperidine rings is 1. The van der Waals surface area contributed by atoms with Crippen molar-refractivity contribution in [3.05, 3.63) is 18.5 Å². The van der Waals surface area contributed by atoms with E-state index in [0.717, 1.165) is 32.2 Å². The van der Waals surface area contributed by atoms with Crippen LogP contribution in [0.4, 0.5) is 5.95 Å². The Balaban J connectivity index is 1.62. The van der Waals surface area contributed by atoms with Crippen LogP contribution in [-0.2, 0) is 10.2 Å². The van der Waals surface area contributed by atoms with Crippen molar-refractivity contribution >= 4 is 16.2 Å². The van der Waals surface area contributed by atoms with E-state index in [9.17, 15) is 8.42 Å². The highest BCUT2D eigenvalue weighted by Crippen LogP contribution is 2.30. The summed E-state index contributed by atoms with van der Waals surface area (Å²) in [5.41, 5.74) is 0. The average Bonchev–Trinajstić information content (AvgIpc) is 3.37. The first kappa shape index (κ1) is 16.6. The fourth-order valence-electron chi connectivity index (χ4n) is 2.98. The second-order valence-electron chi connectivity index (χ2n) is 6.35. The Morgan fingerprint density at radius 1 is 1.30 bits per heavy atom. The maximum Gasteiger partial charge on any atom is 0.279 e. The third-order valence-corrected chi connectivity index (χ3v) is 6.14. The predicted octanol–water partition coefficient (Wildman–Crippen LogP) is 1.01. The summed E-state index contributed by atoms with van der Waals surface area (Å²) in [6.07, 6.45) is 7.50. The van der Waals surface area contributed by atoms with Crippen LogP contribution in [0.2, 0.25) is 0 Å². The molecule has 7 nitrogen and oxygen atoms in total. The molecule has 8 heteroatoms. The van der Waals surface area contributed by atoms with Crippen molar-refractivity contribution in [1.29, 1.82) is 0 Å². The van der Waals surface area contributed by atoms with Gasteiger partial charge in [0.15, 0.2) is 0 Å². The Morgan fingerprint density at radius 2 is 2.04 bits per heavy atom. The summed E-state index contributed by atoms with van der Waals surface area (Å²) in [4.78, 5) is 10.6. The number of aromatic nitrogens is 2. The van der Waals surface area contributed by atoms with Crippen LogP contribution in [0.3, 0.4) is 0 Å². The summed E-state index contributed by atoms with van der Waals surface area (Å²) in [6.45, 7) is 4.53. The molecule has 1 saturated heterocycles. The van der Waals surface area contributed by atoms with E-state index in [-0.39, 0.29) is 6.04 Å². The lowest BCUT2D eigenvalue weighted by Crippen LogP contribution is -2.52. The molecule has 0 bridgehead atoms. The van der Waals surface area contributed by atoms with Gasteiger partial charge in [-0.15, -0.1) is 0 Å². The van der Waals surface area contributed by atoms with Crippen LogP contribution in [-0.4, -0.2) is 54.9 Å². The van der Waals surface area contributed by atoms with Gasteiger partial charge >= 0.3 is 0 Å². The van der Waals surface area contributed by atoms with Gasteiger partial charge in [0, 0.05) is 44.6 Å². The molecule has 2 aliphatic rings. The molecule has 2 heterocycles. The van der Waals surface area contributed by atoms with Gasteiger partial charge in [0.2, 0.25) is 5.95 Å². The van der Waals surface area contributed by atoms with Crippen LogP contribution in [0.5, 0.6) is 0 Å². The van der Waals surface area contributed by atoms with Crippen molar-refractivity contribution in [1.82, 2.24) is 19.0 Å². The van der Waals surface area contributed by atoms with Crippen molar-refractivity contribution in [2.75, 3.05) is 31.1 Å². The van der Waals surface area contributed by atoms with Crippen LogP contribution in [0.15, 0.2) is 18.5 Å². The average molecular weight is 339 g/mol. The van der Waals surface area contributed by atoms with Crippen molar-refractivity contribution in [3.8, 4) is 0 Å². The molecule has 23 heavy (non-hydrogen) atoms. The third kappa shape index (κ3) is 4.39. The van der Waals surface area contributed by atoms with Gasteiger partial charge in [-0.25, -0.2) is 9.97 Å². The number of nitrogens with zero attached hydrogens (tertiary/aromatic N) is 4. The van der Waals surface area contributed by atoms with Crippen LogP contribution < -0.4 is 9.62 Å². The molecular formula is C15H25N5O2S. The topological polar surface area (TPSA) is 78.4 Å². The largest absolute Gasteiger partial charge is 0.339 e. The quantitative estimate of drug-likeness (QED) is 0.802. The minimum Gasteiger partial charge on any atom is -0.339 e. The first-order valence-electron chi connectivity index (χ1n) is 8.38. The molecule has 1 aliphatic heterocycles. The summed E-state index contributed by atoms with van der Waals surface area (Å²) in [6, 6.07) is 1.69. The normalized spacial score (nSPS) is 22.5. The number of nitrogens with one attached hydrogen (secondary N) is 1. The van der Waals surface area contributed by atoms with Crippen LogP contribution in [0.1, 0.15) is 32.6 Å². The Morgan fingerprint density at radius 3 is 2.70 bits per heavy atom. The predicted molar refractivity (Wildman–Crippen MR) is 89.3 cm³/mol. The second-order valence-corrected chi connectivity index (χ2v) is 8.05. The van der Waals surface area contributed by atoms with Gasteiger partial charge in [-0.05, 0) is 37.7 Å². The fourth-order valence-corrected chi connectivity index (χ4v) is 4.49. The summed E-state index contributed by atoms with van der Waals surface area (Å²) in [5, 5.41) is 0. The number of anilines is 1. The molecule has 0 amide bonds. The summed E-state index contributed by atoms with van der Waals surface area (Å²) >= 11 is 0. The van der Waals surface area contributed by atoms with Crippen molar-refractivity contribution in [2.45, 2.75) is 38.6 Å². The molecule has 1 aliphatic carbocycles. The molecule has 128 valence electrons. The second kappa shape index (κ2) is 7.11. The molecular weight excluding hydrogens is 314 g/mol. The zero-order valence-corrected chi connectivity index (χ0v) is 14.4. The van der Waals surface area contributed by atoms with Gasteiger partial charge in [0.25, 0.3) is 10.2 Å². The van der Waals surface area contributed by atoms with Gasteiger partial charge in [-0.2, -0.15) is 17.4 Å². The monoisotopic (exact) mass is 339 g/mol. The molecule has 1 atom stereocenters. The highest BCUT2D eigenvalue weighted by atomic mass is 32.2.